The highest BCUT2D eigenvalue weighted by atomic mass is 32.2. The molecule has 0 spiro atoms. The van der Waals surface area contributed by atoms with Gasteiger partial charge in [0, 0.05) is 21.1 Å². The summed E-state index contributed by atoms with van der Waals surface area (Å²) < 4.78 is 26.0. The van der Waals surface area contributed by atoms with Crippen LogP contribution in [0.1, 0.15) is 5.56 Å². The van der Waals surface area contributed by atoms with Crippen molar-refractivity contribution in [2.45, 2.75) is 6.42 Å². The van der Waals surface area contributed by atoms with Gasteiger partial charge in [-0.15, -0.1) is 0 Å². The average molecular weight is 272 g/mol. The minimum absolute atomic E-state index is 0.135. The fraction of sp³-hybridized carbons (Fsp3) is 0.364. The van der Waals surface area contributed by atoms with Gasteiger partial charge >= 0.3 is 16.2 Å². The fourth-order valence-corrected chi connectivity index (χ4v) is 2.28. The highest BCUT2D eigenvalue weighted by Gasteiger charge is 2.21. The summed E-state index contributed by atoms with van der Waals surface area (Å²) in [6.45, 7) is 0. The van der Waals surface area contributed by atoms with Gasteiger partial charge in [-0.2, -0.15) is 12.7 Å². The van der Waals surface area contributed by atoms with Gasteiger partial charge in [0.1, 0.15) is 0 Å². The summed E-state index contributed by atoms with van der Waals surface area (Å²) in [6.07, 6.45) is -0.135. The number of benzene rings is 1. The van der Waals surface area contributed by atoms with Crippen LogP contribution in [0.15, 0.2) is 24.3 Å². The van der Waals surface area contributed by atoms with Crippen molar-refractivity contribution in [3.05, 3.63) is 29.8 Å². The Balaban J connectivity index is 3.07. The van der Waals surface area contributed by atoms with Crippen LogP contribution in [0.2, 0.25) is 0 Å². The number of hydrogen-bond donors (Lipinski definition) is 1. The zero-order valence-electron chi connectivity index (χ0n) is 10.5. The van der Waals surface area contributed by atoms with Crippen molar-refractivity contribution in [3.63, 3.8) is 0 Å². The van der Waals surface area contributed by atoms with Crippen LogP contribution >= 0.6 is 0 Å². The van der Waals surface area contributed by atoms with Gasteiger partial charge in [0.05, 0.1) is 12.1 Å². The first-order valence-electron chi connectivity index (χ1n) is 5.22. The van der Waals surface area contributed by atoms with Gasteiger partial charge < -0.3 is 5.11 Å². The van der Waals surface area contributed by atoms with Crippen molar-refractivity contribution < 1.29 is 18.3 Å². The summed E-state index contributed by atoms with van der Waals surface area (Å²) in [5, 5.41) is 8.70. The molecule has 1 rings (SSSR count). The van der Waals surface area contributed by atoms with Crippen molar-refractivity contribution >= 4 is 21.9 Å². The Hall–Kier alpha value is -1.60. The van der Waals surface area contributed by atoms with E-state index in [4.69, 9.17) is 5.11 Å². The SMILES string of the molecule is CN(C)S(=O)(=O)N(C)c1cccc(CC(=O)O)c1. The van der Waals surface area contributed by atoms with E-state index in [0.717, 1.165) is 8.61 Å². The lowest BCUT2D eigenvalue weighted by Gasteiger charge is -2.23. The second-order valence-corrected chi connectivity index (χ2v) is 6.17. The number of rotatable bonds is 5. The van der Waals surface area contributed by atoms with E-state index < -0.39 is 16.2 Å². The molecule has 0 fully saturated rings. The molecule has 0 atom stereocenters. The van der Waals surface area contributed by atoms with Gasteiger partial charge in [-0.25, -0.2) is 0 Å². The first kappa shape index (κ1) is 14.5. The Morgan fingerprint density at radius 2 is 1.89 bits per heavy atom. The molecule has 0 aliphatic heterocycles. The molecule has 0 aromatic heterocycles. The number of aliphatic carboxylic acids is 1. The van der Waals surface area contributed by atoms with E-state index in [1.165, 1.54) is 21.1 Å². The van der Waals surface area contributed by atoms with E-state index in [0.29, 0.717) is 11.3 Å². The van der Waals surface area contributed by atoms with Crippen molar-refractivity contribution in [2.75, 3.05) is 25.4 Å². The van der Waals surface area contributed by atoms with Crippen LogP contribution in [0, 0.1) is 0 Å². The molecule has 0 bridgehead atoms. The Labute approximate surface area is 107 Å². The van der Waals surface area contributed by atoms with Crippen molar-refractivity contribution in [2.24, 2.45) is 0 Å². The van der Waals surface area contributed by atoms with Crippen LogP contribution in [0.4, 0.5) is 5.69 Å². The Morgan fingerprint density at radius 3 is 2.39 bits per heavy atom. The Kier molecular flexibility index (Phi) is 4.31. The second-order valence-electron chi connectivity index (χ2n) is 4.00. The predicted octanol–water partition coefficient (Wildman–Crippen LogP) is 0.556. The average Bonchev–Trinajstić information content (AvgIpc) is 2.27. The summed E-state index contributed by atoms with van der Waals surface area (Å²) >= 11 is 0. The van der Waals surface area contributed by atoms with E-state index in [1.807, 2.05) is 0 Å². The van der Waals surface area contributed by atoms with E-state index in [1.54, 1.807) is 24.3 Å². The van der Waals surface area contributed by atoms with E-state index in [2.05, 4.69) is 0 Å². The number of carboxylic acid groups (broad SMARTS) is 1. The Morgan fingerprint density at radius 1 is 1.28 bits per heavy atom. The van der Waals surface area contributed by atoms with E-state index in [9.17, 15) is 13.2 Å². The number of carbonyl (C=O) groups is 1. The molecule has 0 heterocycles. The zero-order chi connectivity index (χ0) is 13.9. The molecule has 1 aromatic carbocycles. The highest BCUT2D eigenvalue weighted by molar-refractivity contribution is 7.90. The van der Waals surface area contributed by atoms with Gasteiger partial charge in [-0.05, 0) is 17.7 Å². The number of carboxylic acids is 1. The summed E-state index contributed by atoms with van der Waals surface area (Å²) in [7, 11) is 0.745. The molecule has 100 valence electrons. The molecule has 1 aromatic rings. The maximum Gasteiger partial charge on any atom is 0.307 e. The van der Waals surface area contributed by atoms with Crippen molar-refractivity contribution in [3.8, 4) is 0 Å². The zero-order valence-corrected chi connectivity index (χ0v) is 11.3. The molecular formula is C11H16N2O4S. The van der Waals surface area contributed by atoms with Gasteiger partial charge in [0.25, 0.3) is 0 Å². The fourth-order valence-electron chi connectivity index (χ4n) is 1.42. The lowest BCUT2D eigenvalue weighted by atomic mass is 10.1. The molecule has 1 N–H and O–H groups in total. The maximum atomic E-state index is 11.9. The third kappa shape index (κ3) is 3.21. The van der Waals surface area contributed by atoms with Crippen molar-refractivity contribution in [1.29, 1.82) is 0 Å². The molecule has 0 saturated heterocycles. The Bertz CT molecular complexity index is 540. The number of nitrogens with zero attached hydrogens (tertiary/aromatic N) is 2. The van der Waals surface area contributed by atoms with Crippen molar-refractivity contribution in [1.82, 2.24) is 4.31 Å². The van der Waals surface area contributed by atoms with Gasteiger partial charge in [0.2, 0.25) is 0 Å². The molecule has 6 nitrogen and oxygen atoms in total. The van der Waals surface area contributed by atoms with E-state index in [-0.39, 0.29) is 6.42 Å². The summed E-state index contributed by atoms with van der Waals surface area (Å²) in [5.41, 5.74) is 0.989. The highest BCUT2D eigenvalue weighted by Crippen LogP contribution is 2.19. The largest absolute Gasteiger partial charge is 0.481 e. The van der Waals surface area contributed by atoms with Gasteiger partial charge in [0.15, 0.2) is 0 Å². The van der Waals surface area contributed by atoms with Crippen LogP contribution in [-0.2, 0) is 21.4 Å². The lowest BCUT2D eigenvalue weighted by Crippen LogP contribution is -2.37. The monoisotopic (exact) mass is 272 g/mol. The standard InChI is InChI=1S/C11H16N2O4S/c1-12(2)18(16,17)13(3)10-6-4-5-9(7-10)8-11(14)15/h4-7H,8H2,1-3H3,(H,14,15). The molecule has 0 amide bonds. The van der Waals surface area contributed by atoms with Gasteiger partial charge in [-0.1, -0.05) is 12.1 Å². The van der Waals surface area contributed by atoms with Crippen LogP contribution < -0.4 is 4.31 Å². The van der Waals surface area contributed by atoms with Crippen LogP contribution in [0.5, 0.6) is 0 Å². The number of anilines is 1. The normalized spacial score (nSPS) is 11.6. The quantitative estimate of drug-likeness (QED) is 0.849. The smallest absolute Gasteiger partial charge is 0.307 e. The summed E-state index contributed by atoms with van der Waals surface area (Å²) in [5.74, 6) is -0.953. The van der Waals surface area contributed by atoms with Gasteiger partial charge in [-0.3, -0.25) is 9.10 Å². The van der Waals surface area contributed by atoms with Crippen LogP contribution in [-0.4, -0.2) is 44.9 Å². The summed E-state index contributed by atoms with van der Waals surface area (Å²) in [6, 6.07) is 6.45. The van der Waals surface area contributed by atoms with Crippen LogP contribution in [0.25, 0.3) is 0 Å². The molecule has 0 aliphatic rings. The molecule has 0 saturated carbocycles. The molecule has 0 radical (unpaired) electrons. The first-order valence-corrected chi connectivity index (χ1v) is 6.62. The predicted molar refractivity (Wildman–Crippen MR) is 68.8 cm³/mol. The lowest BCUT2D eigenvalue weighted by molar-refractivity contribution is -0.136. The third-order valence-corrected chi connectivity index (χ3v) is 4.26. The number of hydrogen-bond acceptors (Lipinski definition) is 3. The van der Waals surface area contributed by atoms with Crippen LogP contribution in [0.3, 0.4) is 0 Å². The maximum absolute atomic E-state index is 11.9. The molecular weight excluding hydrogens is 256 g/mol. The third-order valence-electron chi connectivity index (χ3n) is 2.44. The molecule has 7 heteroatoms. The minimum Gasteiger partial charge on any atom is -0.481 e. The molecule has 0 aliphatic carbocycles. The molecule has 18 heavy (non-hydrogen) atoms. The molecule has 0 unspecified atom stereocenters. The first-order chi connectivity index (χ1) is 8.25. The van der Waals surface area contributed by atoms with E-state index >= 15 is 0 Å². The topological polar surface area (TPSA) is 77.9 Å². The summed E-state index contributed by atoms with van der Waals surface area (Å²) in [4.78, 5) is 10.6. The second kappa shape index (κ2) is 5.36. The minimum atomic E-state index is -3.56.